The standard InChI is InChI=1S/C13H12N2O4/c1-15-7-14-9-4-8(2-3-10(9)15)11(16)13(12(17)18)5-19-6-13/h2-4,7H,5-6H2,1H3,(H,17,18). The van der Waals surface area contributed by atoms with E-state index in [1.165, 1.54) is 0 Å². The average Bonchev–Trinajstić information content (AvgIpc) is 2.68. The van der Waals surface area contributed by atoms with E-state index in [1.807, 2.05) is 11.6 Å². The lowest BCUT2D eigenvalue weighted by molar-refractivity contribution is -0.168. The average molecular weight is 260 g/mol. The minimum Gasteiger partial charge on any atom is -0.480 e. The van der Waals surface area contributed by atoms with Crippen LogP contribution in [0.25, 0.3) is 11.0 Å². The summed E-state index contributed by atoms with van der Waals surface area (Å²) < 4.78 is 6.75. The number of aliphatic carboxylic acids is 1. The van der Waals surface area contributed by atoms with Gasteiger partial charge in [0.25, 0.3) is 0 Å². The summed E-state index contributed by atoms with van der Waals surface area (Å²) in [5, 5.41) is 9.21. The first-order chi connectivity index (χ1) is 9.04. The molecule has 2 heterocycles. The summed E-state index contributed by atoms with van der Waals surface area (Å²) in [4.78, 5) is 27.8. The van der Waals surface area contributed by atoms with E-state index in [1.54, 1.807) is 24.5 Å². The first kappa shape index (κ1) is 11.9. The van der Waals surface area contributed by atoms with Gasteiger partial charge in [-0.3, -0.25) is 9.59 Å². The molecule has 1 saturated heterocycles. The third-order valence-corrected chi connectivity index (χ3v) is 3.53. The summed E-state index contributed by atoms with van der Waals surface area (Å²) in [5.41, 5.74) is 0.499. The van der Waals surface area contributed by atoms with Crippen molar-refractivity contribution in [3.05, 3.63) is 30.1 Å². The summed E-state index contributed by atoms with van der Waals surface area (Å²) >= 11 is 0. The molecule has 0 spiro atoms. The Bertz CT molecular complexity index is 685. The van der Waals surface area contributed by atoms with E-state index in [2.05, 4.69) is 4.98 Å². The van der Waals surface area contributed by atoms with Crippen molar-refractivity contribution in [3.8, 4) is 0 Å². The SMILES string of the molecule is Cn1cnc2cc(C(=O)C3(C(=O)O)COC3)ccc21. The number of fused-ring (bicyclic) bond motifs is 1. The fourth-order valence-corrected chi connectivity index (χ4v) is 2.21. The predicted molar refractivity (Wildman–Crippen MR) is 65.9 cm³/mol. The molecule has 1 N–H and O–H groups in total. The number of nitrogens with zero attached hydrogens (tertiary/aromatic N) is 2. The van der Waals surface area contributed by atoms with Gasteiger partial charge in [0.05, 0.1) is 30.6 Å². The van der Waals surface area contributed by atoms with Crippen molar-refractivity contribution in [1.82, 2.24) is 9.55 Å². The van der Waals surface area contributed by atoms with Gasteiger partial charge in [-0.15, -0.1) is 0 Å². The number of rotatable bonds is 3. The van der Waals surface area contributed by atoms with Crippen molar-refractivity contribution < 1.29 is 19.4 Å². The Balaban J connectivity index is 2.04. The molecule has 0 unspecified atom stereocenters. The molecule has 0 saturated carbocycles. The fraction of sp³-hybridized carbons (Fsp3) is 0.308. The molecule has 1 aliphatic rings. The Morgan fingerprint density at radius 2 is 2.16 bits per heavy atom. The van der Waals surface area contributed by atoms with Crippen molar-refractivity contribution in [2.45, 2.75) is 0 Å². The predicted octanol–water partition coefficient (Wildman–Crippen LogP) is 0.857. The molecule has 0 radical (unpaired) electrons. The van der Waals surface area contributed by atoms with E-state index in [0.717, 1.165) is 5.52 Å². The quantitative estimate of drug-likeness (QED) is 0.653. The Kier molecular flexibility index (Phi) is 2.43. The molecule has 1 aliphatic heterocycles. The molecule has 0 bridgehead atoms. The van der Waals surface area contributed by atoms with Crippen molar-refractivity contribution in [3.63, 3.8) is 0 Å². The van der Waals surface area contributed by atoms with E-state index < -0.39 is 17.2 Å². The molecule has 19 heavy (non-hydrogen) atoms. The molecule has 1 aromatic heterocycles. The summed E-state index contributed by atoms with van der Waals surface area (Å²) in [6, 6.07) is 5.03. The van der Waals surface area contributed by atoms with Crippen LogP contribution in [0.2, 0.25) is 0 Å². The highest BCUT2D eigenvalue weighted by Gasteiger charge is 2.53. The third-order valence-electron chi connectivity index (χ3n) is 3.53. The minimum absolute atomic E-state index is 0.0680. The van der Waals surface area contributed by atoms with Crippen LogP contribution in [0.4, 0.5) is 0 Å². The largest absolute Gasteiger partial charge is 0.480 e. The van der Waals surface area contributed by atoms with E-state index in [4.69, 9.17) is 4.74 Å². The van der Waals surface area contributed by atoms with Crippen LogP contribution >= 0.6 is 0 Å². The highest BCUT2D eigenvalue weighted by atomic mass is 16.5. The van der Waals surface area contributed by atoms with Crippen LogP contribution in [0.5, 0.6) is 0 Å². The van der Waals surface area contributed by atoms with Crippen LogP contribution < -0.4 is 0 Å². The molecule has 0 atom stereocenters. The van der Waals surface area contributed by atoms with Gasteiger partial charge in [-0.2, -0.15) is 0 Å². The summed E-state index contributed by atoms with van der Waals surface area (Å²) in [6.07, 6.45) is 1.65. The zero-order valence-electron chi connectivity index (χ0n) is 10.3. The number of imidazole rings is 1. The lowest BCUT2D eigenvalue weighted by Gasteiger charge is -2.35. The van der Waals surface area contributed by atoms with Crippen LogP contribution in [0.1, 0.15) is 10.4 Å². The highest BCUT2D eigenvalue weighted by molar-refractivity contribution is 6.13. The molecule has 1 aromatic carbocycles. The van der Waals surface area contributed by atoms with E-state index in [-0.39, 0.29) is 13.2 Å². The number of carbonyl (C=O) groups is 2. The number of Topliss-reactive ketones (excluding diaryl/α,β-unsaturated/α-hetero) is 1. The maximum absolute atomic E-state index is 12.3. The summed E-state index contributed by atoms with van der Waals surface area (Å²) in [7, 11) is 1.86. The number of carboxylic acid groups (broad SMARTS) is 1. The zero-order valence-corrected chi connectivity index (χ0v) is 10.3. The number of benzene rings is 1. The van der Waals surface area contributed by atoms with Gasteiger partial charge in [0.1, 0.15) is 0 Å². The number of carboxylic acids is 1. The monoisotopic (exact) mass is 260 g/mol. The molecule has 0 amide bonds. The first-order valence-electron chi connectivity index (χ1n) is 5.82. The number of hydrogen-bond acceptors (Lipinski definition) is 4. The van der Waals surface area contributed by atoms with E-state index in [9.17, 15) is 14.7 Å². The Morgan fingerprint density at radius 3 is 2.74 bits per heavy atom. The molecule has 1 fully saturated rings. The Morgan fingerprint density at radius 1 is 1.42 bits per heavy atom. The van der Waals surface area contributed by atoms with Gasteiger partial charge >= 0.3 is 5.97 Å². The van der Waals surface area contributed by atoms with Crippen LogP contribution in [0.15, 0.2) is 24.5 Å². The second-order valence-corrected chi connectivity index (χ2v) is 4.77. The van der Waals surface area contributed by atoms with E-state index >= 15 is 0 Å². The summed E-state index contributed by atoms with van der Waals surface area (Å²) in [5.74, 6) is -1.55. The Labute approximate surface area is 108 Å². The van der Waals surface area contributed by atoms with Crippen molar-refractivity contribution in [2.75, 3.05) is 13.2 Å². The lowest BCUT2D eigenvalue weighted by Crippen LogP contribution is -2.54. The molecule has 2 aromatic rings. The highest BCUT2D eigenvalue weighted by Crippen LogP contribution is 2.32. The number of aromatic nitrogens is 2. The van der Waals surface area contributed by atoms with Crippen LogP contribution in [-0.4, -0.2) is 39.6 Å². The lowest BCUT2D eigenvalue weighted by atomic mass is 9.78. The molecule has 6 heteroatoms. The molecule has 98 valence electrons. The molecule has 6 nitrogen and oxygen atoms in total. The van der Waals surface area contributed by atoms with Crippen LogP contribution in [0, 0.1) is 5.41 Å². The normalized spacial score (nSPS) is 17.1. The van der Waals surface area contributed by atoms with Gasteiger partial charge in [0.15, 0.2) is 11.2 Å². The van der Waals surface area contributed by atoms with Crippen LogP contribution in [-0.2, 0) is 16.6 Å². The first-order valence-corrected chi connectivity index (χ1v) is 5.82. The molecular formula is C13H12N2O4. The fourth-order valence-electron chi connectivity index (χ4n) is 2.21. The third kappa shape index (κ3) is 1.57. The molecule has 3 rings (SSSR count). The van der Waals surface area contributed by atoms with Crippen molar-refractivity contribution in [1.29, 1.82) is 0 Å². The second-order valence-electron chi connectivity index (χ2n) is 4.77. The van der Waals surface area contributed by atoms with Gasteiger partial charge in [-0.05, 0) is 18.2 Å². The number of ketones is 1. The van der Waals surface area contributed by atoms with Gasteiger partial charge in [-0.1, -0.05) is 0 Å². The zero-order chi connectivity index (χ0) is 13.6. The topological polar surface area (TPSA) is 81.4 Å². The van der Waals surface area contributed by atoms with Crippen LogP contribution in [0.3, 0.4) is 0 Å². The summed E-state index contributed by atoms with van der Waals surface area (Å²) in [6.45, 7) is -0.136. The van der Waals surface area contributed by atoms with Crippen molar-refractivity contribution in [2.24, 2.45) is 12.5 Å². The molecule has 0 aliphatic carbocycles. The maximum atomic E-state index is 12.3. The number of carbonyl (C=O) groups excluding carboxylic acids is 1. The van der Waals surface area contributed by atoms with Crippen molar-refractivity contribution >= 4 is 22.8 Å². The number of aryl methyl sites for hydroxylation is 1. The van der Waals surface area contributed by atoms with Gasteiger partial charge in [-0.25, -0.2) is 4.98 Å². The number of hydrogen-bond donors (Lipinski definition) is 1. The second kappa shape index (κ2) is 3.89. The smallest absolute Gasteiger partial charge is 0.322 e. The van der Waals surface area contributed by atoms with Gasteiger partial charge < -0.3 is 14.4 Å². The van der Waals surface area contributed by atoms with Gasteiger partial charge in [0.2, 0.25) is 0 Å². The Hall–Kier alpha value is -2.21. The van der Waals surface area contributed by atoms with Gasteiger partial charge in [0, 0.05) is 12.6 Å². The maximum Gasteiger partial charge on any atom is 0.322 e. The minimum atomic E-state index is -1.43. The molecular weight excluding hydrogens is 248 g/mol. The van der Waals surface area contributed by atoms with E-state index in [0.29, 0.717) is 11.1 Å². The number of ether oxygens (including phenoxy) is 1.